The molecule has 0 spiro atoms. The first-order chi connectivity index (χ1) is 7.65. The molecule has 1 aromatic rings. The van der Waals surface area contributed by atoms with Crippen LogP contribution in [-0.2, 0) is 9.59 Å². The number of likely N-dealkylation sites (N-methyl/N-ethyl adjacent to an activating group) is 1. The van der Waals surface area contributed by atoms with Crippen LogP contribution in [0.5, 0.6) is 0 Å². The van der Waals surface area contributed by atoms with Crippen LogP contribution in [0.25, 0.3) is 0 Å². The molecule has 2 N–H and O–H groups in total. The van der Waals surface area contributed by atoms with E-state index in [1.807, 2.05) is 37.3 Å². The molecule has 16 heavy (non-hydrogen) atoms. The molecule has 0 saturated carbocycles. The third-order valence-corrected chi connectivity index (χ3v) is 2.19. The maximum Gasteiger partial charge on any atom is 0.309 e. The molecule has 0 fully saturated rings. The topological polar surface area (TPSA) is 58.2 Å². The van der Waals surface area contributed by atoms with Gasteiger partial charge in [0.15, 0.2) is 0 Å². The van der Waals surface area contributed by atoms with E-state index in [0.717, 1.165) is 5.56 Å². The lowest BCUT2D eigenvalue weighted by Gasteiger charge is -2.13. The first-order valence-corrected chi connectivity index (χ1v) is 5.28. The van der Waals surface area contributed by atoms with Crippen LogP contribution in [0.3, 0.4) is 0 Å². The van der Waals surface area contributed by atoms with Crippen molar-refractivity contribution in [1.82, 2.24) is 10.6 Å². The fourth-order valence-electron chi connectivity index (χ4n) is 1.33. The zero-order valence-corrected chi connectivity index (χ0v) is 9.49. The second-order valence-electron chi connectivity index (χ2n) is 3.47. The van der Waals surface area contributed by atoms with Gasteiger partial charge >= 0.3 is 11.8 Å². The minimum absolute atomic E-state index is 0.170. The Kier molecular flexibility index (Phi) is 4.51. The Balaban J connectivity index is 2.55. The highest BCUT2D eigenvalue weighted by Crippen LogP contribution is 2.10. The molecule has 0 heterocycles. The number of hydrogen-bond donors (Lipinski definition) is 2. The predicted molar refractivity (Wildman–Crippen MR) is 61.7 cm³/mol. The van der Waals surface area contributed by atoms with Gasteiger partial charge in [-0.1, -0.05) is 30.3 Å². The first kappa shape index (κ1) is 12.2. The molecular weight excluding hydrogens is 204 g/mol. The van der Waals surface area contributed by atoms with Crippen LogP contribution in [0.1, 0.15) is 25.5 Å². The first-order valence-electron chi connectivity index (χ1n) is 5.28. The fourth-order valence-corrected chi connectivity index (χ4v) is 1.33. The molecular formula is C12H16N2O2. The Bertz CT molecular complexity index is 363. The Morgan fingerprint density at radius 3 is 2.38 bits per heavy atom. The summed E-state index contributed by atoms with van der Waals surface area (Å²) in [6, 6.07) is 9.33. The summed E-state index contributed by atoms with van der Waals surface area (Å²) in [6.07, 6.45) is 0. The van der Waals surface area contributed by atoms with Crippen molar-refractivity contribution in [3.63, 3.8) is 0 Å². The number of nitrogens with one attached hydrogen (secondary N) is 2. The van der Waals surface area contributed by atoms with Gasteiger partial charge in [-0.05, 0) is 19.4 Å². The minimum atomic E-state index is -0.599. The van der Waals surface area contributed by atoms with Crippen molar-refractivity contribution in [1.29, 1.82) is 0 Å². The quantitative estimate of drug-likeness (QED) is 0.747. The monoisotopic (exact) mass is 220 g/mol. The van der Waals surface area contributed by atoms with Crippen LogP contribution in [0.15, 0.2) is 30.3 Å². The molecule has 2 amide bonds. The second-order valence-corrected chi connectivity index (χ2v) is 3.47. The summed E-state index contributed by atoms with van der Waals surface area (Å²) in [5.41, 5.74) is 0.972. The molecule has 1 atom stereocenters. The number of carbonyl (C=O) groups is 2. The van der Waals surface area contributed by atoms with Gasteiger partial charge in [0.05, 0.1) is 6.04 Å². The van der Waals surface area contributed by atoms with Gasteiger partial charge in [0.1, 0.15) is 0 Å². The maximum absolute atomic E-state index is 11.4. The van der Waals surface area contributed by atoms with E-state index in [0.29, 0.717) is 6.54 Å². The van der Waals surface area contributed by atoms with Crippen LogP contribution >= 0.6 is 0 Å². The third-order valence-electron chi connectivity index (χ3n) is 2.19. The molecule has 4 heteroatoms. The molecule has 4 nitrogen and oxygen atoms in total. The largest absolute Gasteiger partial charge is 0.348 e. The van der Waals surface area contributed by atoms with Gasteiger partial charge in [0.2, 0.25) is 0 Å². The fraction of sp³-hybridized carbons (Fsp3) is 0.333. The lowest BCUT2D eigenvalue weighted by molar-refractivity contribution is -0.139. The van der Waals surface area contributed by atoms with E-state index in [2.05, 4.69) is 10.6 Å². The van der Waals surface area contributed by atoms with E-state index in [4.69, 9.17) is 0 Å². The van der Waals surface area contributed by atoms with E-state index in [-0.39, 0.29) is 6.04 Å². The van der Waals surface area contributed by atoms with E-state index in [1.54, 1.807) is 6.92 Å². The highest BCUT2D eigenvalue weighted by atomic mass is 16.2. The summed E-state index contributed by atoms with van der Waals surface area (Å²) in [4.78, 5) is 22.6. The minimum Gasteiger partial charge on any atom is -0.348 e. The van der Waals surface area contributed by atoms with Crippen molar-refractivity contribution >= 4 is 11.8 Å². The van der Waals surface area contributed by atoms with Crippen LogP contribution in [0.2, 0.25) is 0 Å². The molecule has 1 aromatic carbocycles. The highest BCUT2D eigenvalue weighted by Gasteiger charge is 2.15. The SMILES string of the molecule is CCNC(=O)C(=O)NC(C)c1ccccc1. The predicted octanol–water partition coefficient (Wildman–Crippen LogP) is 1.000. The lowest BCUT2D eigenvalue weighted by atomic mass is 10.1. The van der Waals surface area contributed by atoms with E-state index >= 15 is 0 Å². The highest BCUT2D eigenvalue weighted by molar-refractivity contribution is 6.35. The average molecular weight is 220 g/mol. The number of rotatable bonds is 3. The maximum atomic E-state index is 11.4. The Morgan fingerprint density at radius 2 is 1.81 bits per heavy atom. The van der Waals surface area contributed by atoms with Crippen molar-refractivity contribution in [2.24, 2.45) is 0 Å². The van der Waals surface area contributed by atoms with Crippen LogP contribution in [0, 0.1) is 0 Å². The molecule has 0 aromatic heterocycles. The average Bonchev–Trinajstić information content (AvgIpc) is 2.30. The standard InChI is InChI=1S/C12H16N2O2/c1-3-13-11(15)12(16)14-9(2)10-7-5-4-6-8-10/h4-9H,3H2,1-2H3,(H,13,15)(H,14,16). The van der Waals surface area contributed by atoms with Crippen LogP contribution in [0.4, 0.5) is 0 Å². The number of carbonyl (C=O) groups excluding carboxylic acids is 2. The molecule has 0 aliphatic carbocycles. The molecule has 86 valence electrons. The van der Waals surface area contributed by atoms with Gasteiger partial charge in [-0.25, -0.2) is 0 Å². The summed E-state index contributed by atoms with van der Waals surface area (Å²) in [6.45, 7) is 4.06. The zero-order chi connectivity index (χ0) is 12.0. The van der Waals surface area contributed by atoms with Gasteiger partial charge in [0, 0.05) is 6.54 Å². The Labute approximate surface area is 95.0 Å². The number of hydrogen-bond acceptors (Lipinski definition) is 2. The van der Waals surface area contributed by atoms with Crippen LogP contribution < -0.4 is 10.6 Å². The normalized spacial score (nSPS) is 11.6. The van der Waals surface area contributed by atoms with Crippen molar-refractivity contribution in [2.75, 3.05) is 6.54 Å². The Hall–Kier alpha value is -1.84. The second kappa shape index (κ2) is 5.90. The van der Waals surface area contributed by atoms with Crippen molar-refractivity contribution in [3.8, 4) is 0 Å². The smallest absolute Gasteiger partial charge is 0.309 e. The number of amides is 2. The van der Waals surface area contributed by atoms with Gasteiger partial charge in [-0.15, -0.1) is 0 Å². The van der Waals surface area contributed by atoms with Crippen molar-refractivity contribution < 1.29 is 9.59 Å². The summed E-state index contributed by atoms with van der Waals surface area (Å²) in [7, 11) is 0. The van der Waals surface area contributed by atoms with Gasteiger partial charge < -0.3 is 10.6 Å². The molecule has 0 bridgehead atoms. The third kappa shape index (κ3) is 3.38. The van der Waals surface area contributed by atoms with Crippen molar-refractivity contribution in [2.45, 2.75) is 19.9 Å². The number of benzene rings is 1. The van der Waals surface area contributed by atoms with Crippen LogP contribution in [-0.4, -0.2) is 18.4 Å². The zero-order valence-electron chi connectivity index (χ0n) is 9.49. The van der Waals surface area contributed by atoms with Crippen molar-refractivity contribution in [3.05, 3.63) is 35.9 Å². The van der Waals surface area contributed by atoms with Gasteiger partial charge in [0.25, 0.3) is 0 Å². The van der Waals surface area contributed by atoms with E-state index in [9.17, 15) is 9.59 Å². The summed E-state index contributed by atoms with van der Waals surface area (Å²) in [5.74, 6) is -1.19. The van der Waals surface area contributed by atoms with E-state index in [1.165, 1.54) is 0 Å². The van der Waals surface area contributed by atoms with Gasteiger partial charge in [-0.3, -0.25) is 9.59 Å². The van der Waals surface area contributed by atoms with Gasteiger partial charge in [-0.2, -0.15) is 0 Å². The van der Waals surface area contributed by atoms with E-state index < -0.39 is 11.8 Å². The molecule has 0 saturated heterocycles. The summed E-state index contributed by atoms with van der Waals surface area (Å²) in [5, 5.41) is 5.08. The molecule has 0 aliphatic heterocycles. The molecule has 0 radical (unpaired) electrons. The lowest BCUT2D eigenvalue weighted by Crippen LogP contribution is -2.40. The summed E-state index contributed by atoms with van der Waals surface area (Å²) >= 11 is 0. The molecule has 1 rings (SSSR count). The molecule has 1 unspecified atom stereocenters. The molecule has 0 aliphatic rings. The Morgan fingerprint density at radius 1 is 1.19 bits per heavy atom. The summed E-state index contributed by atoms with van der Waals surface area (Å²) < 4.78 is 0.